The van der Waals surface area contributed by atoms with E-state index in [9.17, 15) is 18.8 Å². The normalized spacial score (nSPS) is 10.4. The van der Waals surface area contributed by atoms with Gasteiger partial charge in [0.15, 0.2) is 6.61 Å². The lowest BCUT2D eigenvalue weighted by atomic mass is 10.2. The van der Waals surface area contributed by atoms with Crippen LogP contribution in [0.5, 0.6) is 5.75 Å². The lowest BCUT2D eigenvalue weighted by Gasteiger charge is -2.07. The maximum absolute atomic E-state index is 13.0. The topological polar surface area (TPSA) is 93.7 Å². The van der Waals surface area contributed by atoms with Crippen LogP contribution in [-0.4, -0.2) is 38.0 Å². The first kappa shape index (κ1) is 21.6. The number of hydrogen-bond donors (Lipinski definition) is 2. The number of methoxy groups -OCH3 is 1. The van der Waals surface area contributed by atoms with Crippen molar-refractivity contribution < 1.29 is 28.2 Å². The molecule has 0 fully saturated rings. The van der Waals surface area contributed by atoms with E-state index in [1.807, 2.05) is 0 Å². The first-order chi connectivity index (χ1) is 14.0. The van der Waals surface area contributed by atoms with E-state index in [1.54, 1.807) is 37.5 Å². The van der Waals surface area contributed by atoms with Crippen molar-refractivity contribution in [3.8, 4) is 5.75 Å². The smallest absolute Gasteiger partial charge is 0.308 e. The predicted molar refractivity (Wildman–Crippen MR) is 106 cm³/mol. The highest BCUT2D eigenvalue weighted by molar-refractivity contribution is 5.93. The lowest BCUT2D eigenvalue weighted by Crippen LogP contribution is -2.26. The summed E-state index contributed by atoms with van der Waals surface area (Å²) < 4.78 is 22.9. The number of benzene rings is 2. The van der Waals surface area contributed by atoms with Gasteiger partial charge in [-0.3, -0.25) is 14.4 Å². The Kier molecular flexibility index (Phi) is 8.37. The van der Waals surface area contributed by atoms with Crippen molar-refractivity contribution in [2.24, 2.45) is 0 Å². The average molecular weight is 400 g/mol. The van der Waals surface area contributed by atoms with Gasteiger partial charge in [-0.05, 0) is 42.0 Å². The number of esters is 1. The summed E-state index contributed by atoms with van der Waals surface area (Å²) in [5.74, 6) is -1.36. The Morgan fingerprint density at radius 3 is 2.55 bits per heavy atom. The van der Waals surface area contributed by atoms with E-state index in [0.29, 0.717) is 0 Å². The van der Waals surface area contributed by atoms with E-state index < -0.39 is 24.3 Å². The molecule has 2 amide bonds. The fraction of sp³-hybridized carbons (Fsp3) is 0.190. The Bertz CT molecular complexity index is 881. The third-order valence-corrected chi connectivity index (χ3v) is 3.64. The molecule has 0 radical (unpaired) electrons. The fourth-order valence-electron chi connectivity index (χ4n) is 2.22. The molecule has 0 aliphatic heterocycles. The summed E-state index contributed by atoms with van der Waals surface area (Å²) in [7, 11) is 1.57. The highest BCUT2D eigenvalue weighted by atomic mass is 19.1. The van der Waals surface area contributed by atoms with Crippen molar-refractivity contribution in [3.05, 3.63) is 66.0 Å². The summed E-state index contributed by atoms with van der Waals surface area (Å²) in [6.45, 7) is -0.434. The zero-order chi connectivity index (χ0) is 21.1. The Labute approximate surface area is 167 Å². The van der Waals surface area contributed by atoms with Gasteiger partial charge in [0.1, 0.15) is 11.6 Å². The van der Waals surface area contributed by atoms with Gasteiger partial charge >= 0.3 is 5.97 Å². The van der Waals surface area contributed by atoms with Gasteiger partial charge in [0.05, 0.1) is 13.5 Å². The van der Waals surface area contributed by atoms with Crippen LogP contribution >= 0.6 is 0 Å². The highest BCUT2D eigenvalue weighted by Gasteiger charge is 2.08. The number of hydrogen-bond acceptors (Lipinski definition) is 5. The van der Waals surface area contributed by atoms with Gasteiger partial charge in [-0.25, -0.2) is 4.39 Å². The van der Waals surface area contributed by atoms with Crippen molar-refractivity contribution in [2.45, 2.75) is 6.42 Å². The molecule has 0 bridgehead atoms. The van der Waals surface area contributed by atoms with E-state index in [2.05, 4.69) is 10.6 Å². The molecule has 0 spiro atoms. The summed E-state index contributed by atoms with van der Waals surface area (Å²) in [6.07, 6.45) is 2.89. The minimum absolute atomic E-state index is 0.0656. The molecule has 0 heterocycles. The molecular formula is C21H21FN2O5. The maximum atomic E-state index is 13.0. The second-order valence-electron chi connectivity index (χ2n) is 5.87. The molecule has 2 aromatic carbocycles. The van der Waals surface area contributed by atoms with Crippen molar-refractivity contribution in [3.63, 3.8) is 0 Å². The number of nitrogens with one attached hydrogen (secondary N) is 2. The molecule has 2 aromatic rings. The molecule has 2 N–H and O–H groups in total. The summed E-state index contributed by atoms with van der Waals surface area (Å²) >= 11 is 0. The monoisotopic (exact) mass is 400 g/mol. The van der Waals surface area contributed by atoms with Crippen molar-refractivity contribution in [1.82, 2.24) is 5.32 Å². The van der Waals surface area contributed by atoms with Crippen LogP contribution < -0.4 is 15.4 Å². The van der Waals surface area contributed by atoms with Crippen LogP contribution in [0.25, 0.3) is 6.08 Å². The molecule has 0 unspecified atom stereocenters. The number of carbonyl (C=O) groups is 3. The van der Waals surface area contributed by atoms with Gasteiger partial charge in [0.25, 0.3) is 5.91 Å². The third kappa shape index (κ3) is 8.25. The largest absolute Gasteiger partial charge is 0.497 e. The van der Waals surface area contributed by atoms with Crippen LogP contribution in [0.15, 0.2) is 54.6 Å². The van der Waals surface area contributed by atoms with E-state index in [1.165, 1.54) is 24.3 Å². The summed E-state index contributed by atoms with van der Waals surface area (Å²) in [4.78, 5) is 35.1. The Morgan fingerprint density at radius 2 is 1.86 bits per heavy atom. The van der Waals surface area contributed by atoms with Crippen LogP contribution in [0.1, 0.15) is 12.0 Å². The lowest BCUT2D eigenvalue weighted by molar-refractivity contribution is -0.147. The summed E-state index contributed by atoms with van der Waals surface area (Å²) in [5.41, 5.74) is 1.09. The van der Waals surface area contributed by atoms with Gasteiger partial charge in [0.2, 0.25) is 5.91 Å². The Hall–Kier alpha value is -3.68. The predicted octanol–water partition coefficient (Wildman–Crippen LogP) is 2.54. The SMILES string of the molecule is COc1ccc(/C=C/C(=O)NCCC(=O)OCC(=O)Nc2cccc(F)c2)cc1. The second kappa shape index (κ2) is 11.2. The van der Waals surface area contributed by atoms with E-state index >= 15 is 0 Å². The van der Waals surface area contributed by atoms with Crippen LogP contribution in [0.4, 0.5) is 10.1 Å². The molecule has 0 aliphatic rings. The van der Waals surface area contributed by atoms with Gasteiger partial charge in [-0.2, -0.15) is 0 Å². The first-order valence-electron chi connectivity index (χ1n) is 8.77. The molecule has 0 aromatic heterocycles. The first-order valence-corrected chi connectivity index (χ1v) is 8.77. The molecule has 0 saturated heterocycles. The number of rotatable bonds is 9. The number of halogens is 1. The van der Waals surface area contributed by atoms with Gasteiger partial charge in [-0.15, -0.1) is 0 Å². The zero-order valence-corrected chi connectivity index (χ0v) is 15.8. The molecule has 2 rings (SSSR count). The Morgan fingerprint density at radius 1 is 1.10 bits per heavy atom. The Balaban J connectivity index is 1.63. The highest BCUT2D eigenvalue weighted by Crippen LogP contribution is 2.12. The van der Waals surface area contributed by atoms with E-state index in [0.717, 1.165) is 17.4 Å². The van der Waals surface area contributed by atoms with E-state index in [-0.39, 0.29) is 24.6 Å². The van der Waals surface area contributed by atoms with Crippen molar-refractivity contribution >= 4 is 29.5 Å². The molecule has 7 nitrogen and oxygen atoms in total. The third-order valence-electron chi connectivity index (χ3n) is 3.64. The zero-order valence-electron chi connectivity index (χ0n) is 15.8. The molecule has 0 aliphatic carbocycles. The van der Waals surface area contributed by atoms with Crippen LogP contribution in [0.2, 0.25) is 0 Å². The number of ether oxygens (including phenoxy) is 2. The summed E-state index contributed by atoms with van der Waals surface area (Å²) in [6, 6.07) is 12.5. The second-order valence-corrected chi connectivity index (χ2v) is 5.87. The van der Waals surface area contributed by atoms with Gasteiger partial charge < -0.3 is 20.1 Å². The standard InChI is InChI=1S/C21H21FN2O5/c1-28-18-8-5-15(6-9-18)7-10-19(25)23-12-11-21(27)29-14-20(26)24-17-4-2-3-16(22)13-17/h2-10,13H,11-12,14H2,1H3,(H,23,25)(H,24,26)/b10-7+. The average Bonchev–Trinajstić information content (AvgIpc) is 2.71. The van der Waals surface area contributed by atoms with Crippen LogP contribution in [0, 0.1) is 5.82 Å². The van der Waals surface area contributed by atoms with Crippen molar-refractivity contribution in [2.75, 3.05) is 25.6 Å². The molecular weight excluding hydrogens is 379 g/mol. The van der Waals surface area contributed by atoms with Gasteiger partial charge in [-0.1, -0.05) is 18.2 Å². The minimum Gasteiger partial charge on any atom is -0.497 e. The van der Waals surface area contributed by atoms with Crippen LogP contribution in [0.3, 0.4) is 0 Å². The molecule has 152 valence electrons. The quantitative estimate of drug-likeness (QED) is 0.498. The van der Waals surface area contributed by atoms with Crippen molar-refractivity contribution in [1.29, 1.82) is 0 Å². The van der Waals surface area contributed by atoms with E-state index in [4.69, 9.17) is 9.47 Å². The van der Waals surface area contributed by atoms with Gasteiger partial charge in [0, 0.05) is 18.3 Å². The molecule has 0 saturated carbocycles. The number of amides is 2. The maximum Gasteiger partial charge on any atom is 0.308 e. The van der Waals surface area contributed by atoms with Crippen LogP contribution in [-0.2, 0) is 19.1 Å². The number of anilines is 1. The number of carbonyl (C=O) groups excluding carboxylic acids is 3. The molecule has 8 heteroatoms. The summed E-state index contributed by atoms with van der Waals surface area (Å²) in [5, 5.41) is 4.96. The molecule has 29 heavy (non-hydrogen) atoms. The fourth-order valence-corrected chi connectivity index (χ4v) is 2.22. The minimum atomic E-state index is -0.640. The molecule has 0 atom stereocenters.